The van der Waals surface area contributed by atoms with Crippen LogP contribution in [0.5, 0.6) is 0 Å². The Morgan fingerprint density at radius 1 is 1.11 bits per heavy atom. The van der Waals surface area contributed by atoms with Crippen molar-refractivity contribution < 1.29 is 4.79 Å². The normalized spacial score (nSPS) is 11.1. The molecule has 0 radical (unpaired) electrons. The van der Waals surface area contributed by atoms with E-state index in [1.54, 1.807) is 0 Å². The molecule has 0 aliphatic heterocycles. The molecule has 2 amide bonds. The summed E-state index contributed by atoms with van der Waals surface area (Å²) in [6.45, 7) is 6.96. The number of hydrogen-bond acceptors (Lipinski definition) is 1. The highest BCUT2D eigenvalue weighted by atomic mass is 16.2. The largest absolute Gasteiger partial charge is 0.338 e. The molecule has 0 saturated heterocycles. The van der Waals surface area contributed by atoms with Crippen LogP contribution in [0.2, 0.25) is 0 Å². The van der Waals surface area contributed by atoms with Crippen molar-refractivity contribution in [3.63, 3.8) is 0 Å². The average Bonchev–Trinajstić information content (AvgIpc) is 2.39. The van der Waals surface area contributed by atoms with Gasteiger partial charge in [-0.15, -0.1) is 0 Å². The molecule has 0 saturated carbocycles. The summed E-state index contributed by atoms with van der Waals surface area (Å²) >= 11 is 0. The molecule has 0 fully saturated rings. The van der Waals surface area contributed by atoms with Crippen molar-refractivity contribution in [1.29, 1.82) is 0 Å². The first kappa shape index (κ1) is 15.5. The summed E-state index contributed by atoms with van der Waals surface area (Å²) in [6, 6.07) is 9.92. The van der Waals surface area contributed by atoms with E-state index in [2.05, 4.69) is 17.6 Å². The van der Waals surface area contributed by atoms with E-state index >= 15 is 0 Å². The van der Waals surface area contributed by atoms with Gasteiger partial charge in [-0.1, -0.05) is 56.5 Å². The number of benzene rings is 1. The fourth-order valence-electron chi connectivity index (χ4n) is 2.01. The van der Waals surface area contributed by atoms with Crippen LogP contribution >= 0.6 is 0 Å². The third kappa shape index (κ3) is 5.77. The summed E-state index contributed by atoms with van der Waals surface area (Å²) < 4.78 is 0. The monoisotopic (exact) mass is 262 g/mol. The van der Waals surface area contributed by atoms with Crippen LogP contribution in [0.1, 0.15) is 52.0 Å². The van der Waals surface area contributed by atoms with E-state index in [0.717, 1.165) is 18.5 Å². The third-order valence-electron chi connectivity index (χ3n) is 3.24. The lowest BCUT2D eigenvalue weighted by atomic mass is 9.95. The van der Waals surface area contributed by atoms with Gasteiger partial charge in [0.15, 0.2) is 0 Å². The second-order valence-electron chi connectivity index (χ2n) is 5.43. The van der Waals surface area contributed by atoms with Crippen LogP contribution in [0.3, 0.4) is 0 Å². The zero-order valence-corrected chi connectivity index (χ0v) is 12.3. The Morgan fingerprint density at radius 3 is 2.42 bits per heavy atom. The summed E-state index contributed by atoms with van der Waals surface area (Å²) in [5.41, 5.74) is 0.755. The summed E-state index contributed by atoms with van der Waals surface area (Å²) in [5, 5.41) is 5.93. The van der Waals surface area contributed by atoms with Gasteiger partial charge in [0.05, 0.1) is 5.54 Å². The number of hydrogen-bond donors (Lipinski definition) is 2. The van der Waals surface area contributed by atoms with Crippen molar-refractivity contribution in [3.8, 4) is 0 Å². The highest BCUT2D eigenvalue weighted by Gasteiger charge is 2.21. The zero-order chi connectivity index (χ0) is 14.1. The lowest BCUT2D eigenvalue weighted by molar-refractivity contribution is 0.230. The Balaban J connectivity index is 2.35. The Kier molecular flexibility index (Phi) is 6.40. The van der Waals surface area contributed by atoms with Crippen LogP contribution < -0.4 is 10.6 Å². The van der Waals surface area contributed by atoms with E-state index in [4.69, 9.17) is 0 Å². The number of unbranched alkanes of at least 4 members (excludes halogenated alkanes) is 3. The molecule has 3 heteroatoms. The molecule has 0 bridgehead atoms. The van der Waals surface area contributed by atoms with Crippen LogP contribution in [0.15, 0.2) is 30.3 Å². The van der Waals surface area contributed by atoms with Crippen molar-refractivity contribution in [2.45, 2.75) is 52.0 Å². The fraction of sp³-hybridized carbons (Fsp3) is 0.562. The van der Waals surface area contributed by atoms with Gasteiger partial charge in [-0.25, -0.2) is 4.79 Å². The number of rotatable bonds is 7. The van der Waals surface area contributed by atoms with Crippen molar-refractivity contribution >= 4 is 6.03 Å². The molecular weight excluding hydrogens is 236 g/mol. The molecule has 0 heterocycles. The summed E-state index contributed by atoms with van der Waals surface area (Å²) in [4.78, 5) is 11.8. The molecule has 0 aliphatic carbocycles. The number of urea groups is 1. The summed E-state index contributed by atoms with van der Waals surface area (Å²) in [6.07, 6.45) is 4.68. The first-order chi connectivity index (χ1) is 9.06. The summed E-state index contributed by atoms with van der Waals surface area (Å²) in [5.74, 6) is 0. The Hall–Kier alpha value is -1.51. The number of carbonyl (C=O) groups excluding carboxylic acids is 1. The van der Waals surface area contributed by atoms with E-state index in [-0.39, 0.29) is 11.6 Å². The van der Waals surface area contributed by atoms with Crippen LogP contribution in [0.25, 0.3) is 0 Å². The van der Waals surface area contributed by atoms with Gasteiger partial charge in [-0.2, -0.15) is 0 Å². The molecule has 0 aliphatic rings. The third-order valence-corrected chi connectivity index (χ3v) is 3.24. The molecule has 1 aromatic carbocycles. The molecule has 1 rings (SSSR count). The first-order valence-electron chi connectivity index (χ1n) is 7.18. The molecule has 2 N–H and O–H groups in total. The molecule has 0 unspecified atom stereocenters. The van der Waals surface area contributed by atoms with Gasteiger partial charge >= 0.3 is 6.03 Å². The van der Waals surface area contributed by atoms with Crippen LogP contribution in [-0.2, 0) is 5.54 Å². The van der Waals surface area contributed by atoms with Crippen molar-refractivity contribution in [2.24, 2.45) is 0 Å². The van der Waals surface area contributed by atoms with Gasteiger partial charge in [0, 0.05) is 6.54 Å². The minimum absolute atomic E-state index is 0.0923. The Morgan fingerprint density at radius 2 is 1.79 bits per heavy atom. The van der Waals surface area contributed by atoms with Crippen LogP contribution in [-0.4, -0.2) is 12.6 Å². The standard InChI is InChI=1S/C16H26N2O/c1-4-5-6-10-13-17-15(19)18-16(2,3)14-11-8-7-9-12-14/h7-9,11-12H,4-6,10,13H2,1-3H3,(H2,17,18,19). The van der Waals surface area contributed by atoms with Gasteiger partial charge in [0.2, 0.25) is 0 Å². The highest BCUT2D eigenvalue weighted by Crippen LogP contribution is 2.18. The predicted octanol–water partition coefficient (Wildman–Crippen LogP) is 3.80. The number of carbonyl (C=O) groups is 1. The van der Waals surface area contributed by atoms with Gasteiger partial charge in [0.1, 0.15) is 0 Å². The van der Waals surface area contributed by atoms with Gasteiger partial charge in [-0.3, -0.25) is 0 Å². The summed E-state index contributed by atoms with van der Waals surface area (Å²) in [7, 11) is 0. The van der Waals surface area contributed by atoms with E-state index < -0.39 is 0 Å². The van der Waals surface area contributed by atoms with Gasteiger partial charge < -0.3 is 10.6 Å². The van der Waals surface area contributed by atoms with Crippen molar-refractivity contribution in [3.05, 3.63) is 35.9 Å². The van der Waals surface area contributed by atoms with Crippen LogP contribution in [0, 0.1) is 0 Å². The number of amides is 2. The predicted molar refractivity (Wildman–Crippen MR) is 80.1 cm³/mol. The Bertz CT molecular complexity index is 374. The van der Waals surface area contributed by atoms with Crippen LogP contribution in [0.4, 0.5) is 4.79 Å². The van der Waals surface area contributed by atoms with E-state index in [0.29, 0.717) is 0 Å². The van der Waals surface area contributed by atoms with E-state index in [9.17, 15) is 4.79 Å². The molecule has 19 heavy (non-hydrogen) atoms. The Labute approximate surface area is 116 Å². The van der Waals surface area contributed by atoms with E-state index in [1.807, 2.05) is 44.2 Å². The molecule has 106 valence electrons. The van der Waals surface area contributed by atoms with Crippen molar-refractivity contribution in [2.75, 3.05) is 6.54 Å². The fourth-order valence-corrected chi connectivity index (χ4v) is 2.01. The quantitative estimate of drug-likeness (QED) is 0.721. The molecule has 1 aromatic rings. The molecule has 0 spiro atoms. The minimum atomic E-state index is -0.352. The second kappa shape index (κ2) is 7.82. The van der Waals surface area contributed by atoms with Gasteiger partial charge in [0.25, 0.3) is 0 Å². The van der Waals surface area contributed by atoms with E-state index in [1.165, 1.54) is 19.3 Å². The zero-order valence-electron chi connectivity index (χ0n) is 12.3. The lowest BCUT2D eigenvalue weighted by Crippen LogP contribution is -2.46. The number of nitrogens with one attached hydrogen (secondary N) is 2. The molecule has 3 nitrogen and oxygen atoms in total. The second-order valence-corrected chi connectivity index (χ2v) is 5.43. The topological polar surface area (TPSA) is 41.1 Å². The molecular formula is C16H26N2O. The first-order valence-corrected chi connectivity index (χ1v) is 7.18. The minimum Gasteiger partial charge on any atom is -0.338 e. The maximum atomic E-state index is 11.8. The maximum Gasteiger partial charge on any atom is 0.315 e. The average molecular weight is 262 g/mol. The molecule has 0 atom stereocenters. The maximum absolute atomic E-state index is 11.8. The van der Waals surface area contributed by atoms with Crippen molar-refractivity contribution in [1.82, 2.24) is 10.6 Å². The molecule has 0 aromatic heterocycles. The highest BCUT2D eigenvalue weighted by molar-refractivity contribution is 5.74. The van der Waals surface area contributed by atoms with Gasteiger partial charge in [-0.05, 0) is 25.8 Å². The smallest absolute Gasteiger partial charge is 0.315 e. The lowest BCUT2D eigenvalue weighted by Gasteiger charge is -2.27. The SMILES string of the molecule is CCCCCCNC(=O)NC(C)(C)c1ccccc1.